The minimum absolute atomic E-state index is 0.236. The van der Waals surface area contributed by atoms with Gasteiger partial charge in [-0.1, -0.05) is 6.92 Å². The largest absolute Gasteiger partial charge is 0.493 e. The van der Waals surface area contributed by atoms with E-state index in [2.05, 4.69) is 13.8 Å². The van der Waals surface area contributed by atoms with E-state index in [0.29, 0.717) is 5.92 Å². The molecule has 0 spiro atoms. The number of carbonyl (C=O) groups is 1. The van der Waals surface area contributed by atoms with Gasteiger partial charge < -0.3 is 13.9 Å². The molecule has 1 aliphatic rings. The Kier molecular flexibility index (Phi) is 3.85. The van der Waals surface area contributed by atoms with Crippen molar-refractivity contribution in [3.05, 3.63) is 28.5 Å². The molecule has 4 nitrogen and oxygen atoms in total. The number of hydrogen-bond donors (Lipinski definition) is 0. The first-order valence-electron chi connectivity index (χ1n) is 7.77. The number of benzene rings is 1. The number of esters is 1. The number of aryl methyl sites for hydroxylation is 1. The molecule has 0 aliphatic heterocycles. The minimum atomic E-state index is -0.287. The van der Waals surface area contributed by atoms with Crippen LogP contribution in [0.1, 0.15) is 54.9 Å². The molecule has 0 fully saturated rings. The molecule has 1 aliphatic carbocycles. The fourth-order valence-electron chi connectivity index (χ4n) is 3.74. The quantitative estimate of drug-likeness (QED) is 0.795. The topological polar surface area (TPSA) is 48.7 Å². The highest BCUT2D eigenvalue weighted by atomic mass is 16.5. The minimum Gasteiger partial charge on any atom is -0.493 e. The monoisotopic (exact) mass is 302 g/mol. The Morgan fingerprint density at radius 3 is 2.91 bits per heavy atom. The summed E-state index contributed by atoms with van der Waals surface area (Å²) in [6.07, 6.45) is 5.08. The maximum atomic E-state index is 11.1. The van der Waals surface area contributed by atoms with Gasteiger partial charge in [-0.25, -0.2) is 0 Å². The van der Waals surface area contributed by atoms with E-state index in [1.807, 2.05) is 0 Å². The zero-order valence-corrected chi connectivity index (χ0v) is 13.6. The summed E-state index contributed by atoms with van der Waals surface area (Å²) in [7, 11) is 1.69. The number of ether oxygens (including phenoxy) is 2. The average molecular weight is 302 g/mol. The molecule has 2 aromatic rings. The highest BCUT2D eigenvalue weighted by Crippen LogP contribution is 2.45. The number of furan rings is 1. The van der Waals surface area contributed by atoms with Gasteiger partial charge in [-0.2, -0.15) is 0 Å². The Labute approximate surface area is 130 Å². The van der Waals surface area contributed by atoms with Gasteiger partial charge >= 0.3 is 5.97 Å². The van der Waals surface area contributed by atoms with Crippen LogP contribution in [0.5, 0.6) is 5.75 Å². The summed E-state index contributed by atoms with van der Waals surface area (Å²) in [5.74, 6) is 1.07. The van der Waals surface area contributed by atoms with E-state index in [1.54, 1.807) is 13.4 Å². The molecular formula is C18H22O4. The number of methoxy groups -OCH3 is 1. The molecule has 0 saturated carbocycles. The van der Waals surface area contributed by atoms with Crippen molar-refractivity contribution in [1.29, 1.82) is 0 Å². The lowest BCUT2D eigenvalue weighted by molar-refractivity contribution is -0.142. The van der Waals surface area contributed by atoms with Gasteiger partial charge in [0.2, 0.25) is 0 Å². The Morgan fingerprint density at radius 2 is 2.23 bits per heavy atom. The van der Waals surface area contributed by atoms with Crippen LogP contribution in [-0.4, -0.2) is 13.1 Å². The first-order chi connectivity index (χ1) is 10.5. The molecule has 3 rings (SSSR count). The summed E-state index contributed by atoms with van der Waals surface area (Å²) >= 11 is 0. The van der Waals surface area contributed by atoms with Crippen molar-refractivity contribution >= 4 is 16.9 Å². The summed E-state index contributed by atoms with van der Waals surface area (Å²) in [4.78, 5) is 11.1. The van der Waals surface area contributed by atoms with Gasteiger partial charge in [0.05, 0.1) is 13.4 Å². The summed E-state index contributed by atoms with van der Waals surface area (Å²) < 4.78 is 16.6. The SMILES string of the molecule is COc1c2c(c(C)c3c(COC(C)=O)coc13)C(C)CCC2. The van der Waals surface area contributed by atoms with Crippen LogP contribution < -0.4 is 4.74 Å². The summed E-state index contributed by atoms with van der Waals surface area (Å²) in [6, 6.07) is 0. The summed E-state index contributed by atoms with van der Waals surface area (Å²) in [5, 5.41) is 1.03. The van der Waals surface area contributed by atoms with Crippen LogP contribution in [-0.2, 0) is 22.6 Å². The van der Waals surface area contributed by atoms with Crippen molar-refractivity contribution in [2.75, 3.05) is 7.11 Å². The van der Waals surface area contributed by atoms with E-state index in [9.17, 15) is 4.79 Å². The Hall–Kier alpha value is -1.97. The van der Waals surface area contributed by atoms with E-state index in [4.69, 9.17) is 13.9 Å². The highest BCUT2D eigenvalue weighted by Gasteiger charge is 2.27. The zero-order valence-electron chi connectivity index (χ0n) is 13.6. The lowest BCUT2D eigenvalue weighted by Crippen LogP contribution is -2.11. The molecule has 4 heteroatoms. The van der Waals surface area contributed by atoms with Crippen LogP contribution in [0.15, 0.2) is 10.7 Å². The number of hydrogen-bond acceptors (Lipinski definition) is 4. The predicted molar refractivity (Wildman–Crippen MR) is 84.3 cm³/mol. The standard InChI is InChI=1S/C18H22O4/c1-10-6-5-7-14-15(10)11(2)16-13(8-21-12(3)19)9-22-18(16)17(14)20-4/h9-10H,5-8H2,1-4H3. The third-order valence-corrected chi connectivity index (χ3v) is 4.64. The molecule has 0 radical (unpaired) electrons. The normalized spacial score (nSPS) is 17.4. The van der Waals surface area contributed by atoms with Gasteiger partial charge in [0, 0.05) is 23.4 Å². The fraction of sp³-hybridized carbons (Fsp3) is 0.500. The molecule has 0 N–H and O–H groups in total. The lowest BCUT2D eigenvalue weighted by atomic mass is 9.79. The lowest BCUT2D eigenvalue weighted by Gasteiger charge is -2.27. The van der Waals surface area contributed by atoms with Crippen LogP contribution in [0.25, 0.3) is 11.0 Å². The second-order valence-electron chi connectivity index (χ2n) is 6.09. The van der Waals surface area contributed by atoms with Crippen molar-refractivity contribution in [3.63, 3.8) is 0 Å². The van der Waals surface area contributed by atoms with E-state index >= 15 is 0 Å². The molecule has 0 amide bonds. The van der Waals surface area contributed by atoms with Gasteiger partial charge in [0.1, 0.15) is 6.61 Å². The van der Waals surface area contributed by atoms with Crippen LogP contribution in [0.4, 0.5) is 0 Å². The zero-order chi connectivity index (χ0) is 15.9. The molecule has 22 heavy (non-hydrogen) atoms. The van der Waals surface area contributed by atoms with E-state index in [-0.39, 0.29) is 12.6 Å². The molecule has 1 aromatic carbocycles. The van der Waals surface area contributed by atoms with E-state index in [0.717, 1.165) is 28.7 Å². The molecule has 0 bridgehead atoms. The van der Waals surface area contributed by atoms with Crippen LogP contribution >= 0.6 is 0 Å². The van der Waals surface area contributed by atoms with Gasteiger partial charge in [0.15, 0.2) is 11.3 Å². The Balaban J connectivity index is 2.23. The molecule has 1 unspecified atom stereocenters. The van der Waals surface area contributed by atoms with E-state index < -0.39 is 0 Å². The van der Waals surface area contributed by atoms with Crippen LogP contribution in [0.2, 0.25) is 0 Å². The smallest absolute Gasteiger partial charge is 0.302 e. The average Bonchev–Trinajstić information content (AvgIpc) is 2.90. The predicted octanol–water partition coefficient (Wildman–Crippen LogP) is 4.25. The maximum absolute atomic E-state index is 11.1. The van der Waals surface area contributed by atoms with Crippen molar-refractivity contribution < 1.29 is 18.7 Å². The second-order valence-corrected chi connectivity index (χ2v) is 6.09. The summed E-state index contributed by atoms with van der Waals surface area (Å²) in [5.41, 5.74) is 5.56. The van der Waals surface area contributed by atoms with Gasteiger partial charge in [-0.15, -0.1) is 0 Å². The molecule has 0 saturated heterocycles. The van der Waals surface area contributed by atoms with Gasteiger partial charge in [-0.05, 0) is 43.2 Å². The fourth-order valence-corrected chi connectivity index (χ4v) is 3.74. The molecule has 1 atom stereocenters. The summed E-state index contributed by atoms with van der Waals surface area (Å²) in [6.45, 7) is 6.05. The number of carbonyl (C=O) groups excluding carboxylic acids is 1. The third-order valence-electron chi connectivity index (χ3n) is 4.64. The van der Waals surface area contributed by atoms with Crippen molar-refractivity contribution in [2.24, 2.45) is 0 Å². The van der Waals surface area contributed by atoms with Crippen LogP contribution in [0, 0.1) is 6.92 Å². The maximum Gasteiger partial charge on any atom is 0.302 e. The number of fused-ring (bicyclic) bond motifs is 2. The Morgan fingerprint density at radius 1 is 1.45 bits per heavy atom. The van der Waals surface area contributed by atoms with Gasteiger partial charge in [-0.3, -0.25) is 4.79 Å². The second kappa shape index (κ2) is 5.67. The first kappa shape index (κ1) is 14.9. The van der Waals surface area contributed by atoms with Gasteiger partial charge in [0.25, 0.3) is 0 Å². The van der Waals surface area contributed by atoms with Crippen molar-refractivity contribution in [1.82, 2.24) is 0 Å². The Bertz CT molecular complexity index is 726. The molecule has 1 heterocycles. The van der Waals surface area contributed by atoms with Crippen molar-refractivity contribution in [2.45, 2.75) is 52.6 Å². The highest BCUT2D eigenvalue weighted by molar-refractivity contribution is 5.92. The third kappa shape index (κ3) is 2.27. The van der Waals surface area contributed by atoms with Crippen LogP contribution in [0.3, 0.4) is 0 Å². The molecule has 1 aromatic heterocycles. The first-order valence-corrected chi connectivity index (χ1v) is 7.77. The number of rotatable bonds is 3. The van der Waals surface area contributed by atoms with Crippen molar-refractivity contribution in [3.8, 4) is 5.75 Å². The molecule has 118 valence electrons. The van der Waals surface area contributed by atoms with E-state index in [1.165, 1.54) is 36.5 Å². The molecular weight excluding hydrogens is 280 g/mol.